The first-order valence-electron chi connectivity index (χ1n) is 5.88. The smallest absolute Gasteiger partial charge is 0.303 e. The van der Waals surface area contributed by atoms with Crippen LogP contribution in [-0.4, -0.2) is 11.1 Å². The first kappa shape index (κ1) is 10.6. The van der Waals surface area contributed by atoms with E-state index in [1.807, 2.05) is 0 Å². The molecule has 0 aliphatic rings. The van der Waals surface area contributed by atoms with Crippen molar-refractivity contribution >= 4 is 5.97 Å². The van der Waals surface area contributed by atoms with Crippen molar-refractivity contribution in [1.82, 2.24) is 0 Å². The zero-order valence-corrected chi connectivity index (χ0v) is 8.59. The fourth-order valence-corrected chi connectivity index (χ4v) is 1.26. The van der Waals surface area contributed by atoms with Crippen LogP contribution in [0.4, 0.5) is 0 Å². The molecule has 0 fully saturated rings. The first-order chi connectivity index (χ1) is 6.66. The summed E-state index contributed by atoms with van der Waals surface area (Å²) in [6.07, 6.45) is 7.36. The van der Waals surface area contributed by atoms with Gasteiger partial charge in [0, 0.05) is 7.79 Å². The van der Waals surface area contributed by atoms with Gasteiger partial charge in [-0.1, -0.05) is 51.8 Å². The molecule has 0 bridgehead atoms. The van der Waals surface area contributed by atoms with Crippen molar-refractivity contribution in [1.29, 1.82) is 0 Å². The van der Waals surface area contributed by atoms with Gasteiger partial charge in [0.15, 0.2) is 0 Å². The Morgan fingerprint density at radius 1 is 1.15 bits per heavy atom. The van der Waals surface area contributed by atoms with Gasteiger partial charge in [0.1, 0.15) is 0 Å². The summed E-state index contributed by atoms with van der Waals surface area (Å²) in [5.74, 6) is -0.784. The van der Waals surface area contributed by atoms with Gasteiger partial charge in [-0.2, -0.15) is 0 Å². The number of carbonyl (C=O) groups is 1. The largest absolute Gasteiger partial charge is 0.481 e. The standard InChI is InChI=1S/C11H22O2/c1-2-3-4-5-6-7-8-9-10-11(12)13/h2-10H2,1H3,(H,12,13)/i8D. The predicted molar refractivity (Wildman–Crippen MR) is 54.9 cm³/mol. The molecule has 13 heavy (non-hydrogen) atoms. The van der Waals surface area contributed by atoms with Crippen molar-refractivity contribution < 1.29 is 11.3 Å². The second-order valence-electron chi connectivity index (χ2n) is 3.42. The lowest BCUT2D eigenvalue weighted by atomic mass is 10.1. The minimum atomic E-state index is -0.784. The second-order valence-corrected chi connectivity index (χ2v) is 3.42. The molecule has 2 heteroatoms. The van der Waals surface area contributed by atoms with Gasteiger partial charge in [0.25, 0.3) is 0 Å². The topological polar surface area (TPSA) is 37.3 Å². The van der Waals surface area contributed by atoms with Crippen LogP contribution in [0.25, 0.3) is 0 Å². The molecule has 0 aliphatic carbocycles. The third-order valence-corrected chi connectivity index (χ3v) is 2.07. The van der Waals surface area contributed by atoms with E-state index in [0.717, 1.165) is 12.8 Å². The third-order valence-electron chi connectivity index (χ3n) is 2.07. The molecule has 78 valence electrons. The lowest BCUT2D eigenvalue weighted by Gasteiger charge is -1.99. The summed E-state index contributed by atoms with van der Waals surface area (Å²) in [6, 6.07) is 0. The van der Waals surface area contributed by atoms with Crippen molar-refractivity contribution in [2.75, 3.05) is 0 Å². The van der Waals surface area contributed by atoms with E-state index in [-0.39, 0.29) is 12.8 Å². The minimum absolute atomic E-state index is 0.142. The van der Waals surface area contributed by atoms with E-state index in [9.17, 15) is 4.79 Å². The number of aliphatic carboxylic acids is 1. The number of hydrogen-bond acceptors (Lipinski definition) is 1. The van der Waals surface area contributed by atoms with E-state index in [1.165, 1.54) is 25.7 Å². The van der Waals surface area contributed by atoms with Gasteiger partial charge in [-0.05, 0) is 6.42 Å². The summed E-state index contributed by atoms with van der Waals surface area (Å²) in [6.45, 7) is 2.18. The molecule has 1 N–H and O–H groups in total. The average molecular weight is 187 g/mol. The highest BCUT2D eigenvalue weighted by Crippen LogP contribution is 2.09. The van der Waals surface area contributed by atoms with E-state index in [2.05, 4.69) is 6.92 Å². The molecule has 0 aromatic heterocycles. The summed E-state index contributed by atoms with van der Waals surface area (Å²) in [5, 5.41) is 8.42. The van der Waals surface area contributed by atoms with Gasteiger partial charge in [-0.3, -0.25) is 4.79 Å². The zero-order valence-electron chi connectivity index (χ0n) is 9.59. The van der Waals surface area contributed by atoms with Crippen LogP contribution in [0.2, 0.25) is 0 Å². The molecule has 0 saturated carbocycles. The third kappa shape index (κ3) is 11.5. The molecule has 0 amide bonds. The fourth-order valence-electron chi connectivity index (χ4n) is 1.26. The molecule has 0 aromatic carbocycles. The Balaban J connectivity index is 3.18. The van der Waals surface area contributed by atoms with E-state index < -0.39 is 5.97 Å². The fraction of sp³-hybridized carbons (Fsp3) is 0.909. The summed E-state index contributed by atoms with van der Waals surface area (Å²) < 4.78 is 7.58. The van der Waals surface area contributed by atoms with E-state index in [4.69, 9.17) is 6.48 Å². The van der Waals surface area contributed by atoms with Crippen molar-refractivity contribution in [3.63, 3.8) is 0 Å². The van der Waals surface area contributed by atoms with Crippen LogP contribution in [0.5, 0.6) is 0 Å². The summed E-state index contributed by atoms with van der Waals surface area (Å²) >= 11 is 0. The molecule has 0 saturated heterocycles. The maximum absolute atomic E-state index is 10.2. The summed E-state index contributed by atoms with van der Waals surface area (Å²) in [5.41, 5.74) is 0. The number of rotatable bonds is 9. The quantitative estimate of drug-likeness (QED) is 0.560. The van der Waals surface area contributed by atoms with Crippen molar-refractivity contribution in [2.24, 2.45) is 0 Å². The number of carboxylic acid groups (broad SMARTS) is 1. The average Bonchev–Trinajstić information content (AvgIpc) is 2.14. The SMILES string of the molecule is [2H]C(CCCCCCC)CCC(=O)O. The lowest BCUT2D eigenvalue weighted by Crippen LogP contribution is -1.93. The predicted octanol–water partition coefficient (Wildman–Crippen LogP) is 3.60. The molecule has 0 aromatic rings. The minimum Gasteiger partial charge on any atom is -0.481 e. The Labute approximate surface area is 82.7 Å². The van der Waals surface area contributed by atoms with E-state index in [0.29, 0.717) is 6.42 Å². The van der Waals surface area contributed by atoms with Gasteiger partial charge >= 0.3 is 5.97 Å². The maximum Gasteiger partial charge on any atom is 0.303 e. The van der Waals surface area contributed by atoms with Gasteiger partial charge in [0.2, 0.25) is 0 Å². The Bertz CT molecular complexity index is 148. The van der Waals surface area contributed by atoms with Gasteiger partial charge < -0.3 is 5.11 Å². The molecule has 0 aliphatic heterocycles. The highest BCUT2D eigenvalue weighted by molar-refractivity contribution is 5.66. The molecule has 1 atom stereocenters. The Morgan fingerprint density at radius 3 is 2.38 bits per heavy atom. The molecule has 0 spiro atoms. The molecular formula is C11H22O2. The van der Waals surface area contributed by atoms with Crippen molar-refractivity contribution in [3.05, 3.63) is 0 Å². The van der Waals surface area contributed by atoms with Crippen molar-refractivity contribution in [3.8, 4) is 0 Å². The highest BCUT2D eigenvalue weighted by atomic mass is 16.4. The molecule has 2 nitrogen and oxygen atoms in total. The Hall–Kier alpha value is -0.530. The maximum atomic E-state index is 10.2. The van der Waals surface area contributed by atoms with Crippen LogP contribution in [0.15, 0.2) is 0 Å². The number of carboxylic acids is 1. The molecular weight excluding hydrogens is 164 g/mol. The van der Waals surface area contributed by atoms with Crippen LogP contribution in [0.3, 0.4) is 0 Å². The van der Waals surface area contributed by atoms with E-state index in [1.54, 1.807) is 0 Å². The highest BCUT2D eigenvalue weighted by Gasteiger charge is 1.95. The Kier molecular flexibility index (Phi) is 7.76. The van der Waals surface area contributed by atoms with E-state index >= 15 is 0 Å². The van der Waals surface area contributed by atoms with Crippen LogP contribution < -0.4 is 0 Å². The van der Waals surface area contributed by atoms with Gasteiger partial charge in [-0.15, -0.1) is 0 Å². The van der Waals surface area contributed by atoms with Crippen LogP contribution in [0, 0.1) is 0 Å². The van der Waals surface area contributed by atoms with Crippen molar-refractivity contribution in [2.45, 2.75) is 64.7 Å². The normalized spacial score (nSPS) is 13.8. The van der Waals surface area contributed by atoms with Gasteiger partial charge in [0.05, 0.1) is 0 Å². The van der Waals surface area contributed by atoms with Crippen LogP contribution in [0.1, 0.15) is 66.1 Å². The second kappa shape index (κ2) is 9.56. The molecule has 0 rings (SSSR count). The van der Waals surface area contributed by atoms with Crippen LogP contribution >= 0.6 is 0 Å². The summed E-state index contributed by atoms with van der Waals surface area (Å²) in [4.78, 5) is 10.2. The summed E-state index contributed by atoms with van der Waals surface area (Å²) in [7, 11) is 0. The lowest BCUT2D eigenvalue weighted by molar-refractivity contribution is -0.137. The molecule has 0 radical (unpaired) electrons. The molecule has 1 unspecified atom stereocenters. The van der Waals surface area contributed by atoms with Crippen LogP contribution in [-0.2, 0) is 4.79 Å². The zero-order chi connectivity index (χ0) is 10.8. The monoisotopic (exact) mass is 187 g/mol. The van der Waals surface area contributed by atoms with Gasteiger partial charge in [-0.25, -0.2) is 0 Å². The molecule has 0 heterocycles. The number of unbranched alkanes of at least 4 members (excludes halogenated alkanes) is 4. The Morgan fingerprint density at radius 2 is 1.77 bits per heavy atom. The number of hydrogen-bond donors (Lipinski definition) is 1. The first-order valence-corrected chi connectivity index (χ1v) is 5.30.